The van der Waals surface area contributed by atoms with Crippen molar-refractivity contribution in [1.82, 2.24) is 9.80 Å². The van der Waals surface area contributed by atoms with Gasteiger partial charge in [-0.2, -0.15) is 0 Å². The molecule has 7 heteroatoms. The lowest BCUT2D eigenvalue weighted by Crippen LogP contribution is -2.52. The average molecular weight is 601 g/mol. The zero-order valence-electron chi connectivity index (χ0n) is 25.5. The zero-order chi connectivity index (χ0) is 31.2. The Labute approximate surface area is 265 Å². The van der Waals surface area contributed by atoms with Crippen molar-refractivity contribution in [2.75, 3.05) is 18.4 Å². The Kier molecular flexibility index (Phi) is 9.08. The van der Waals surface area contributed by atoms with Gasteiger partial charge in [-0.3, -0.25) is 14.4 Å². The Morgan fingerprint density at radius 3 is 1.67 bits per heavy atom. The van der Waals surface area contributed by atoms with Crippen LogP contribution in [-0.2, 0) is 26.3 Å². The quantitative estimate of drug-likeness (QED) is 0.249. The first kappa shape index (κ1) is 30.3. The van der Waals surface area contributed by atoms with Crippen molar-refractivity contribution in [1.29, 1.82) is 0 Å². The number of likely N-dealkylation sites (tertiary alicyclic amines) is 2. The van der Waals surface area contributed by atoms with Crippen LogP contribution in [0.2, 0.25) is 0 Å². The second kappa shape index (κ2) is 13.5. The number of hydrogen-bond donors (Lipinski definition) is 2. The van der Waals surface area contributed by atoms with Gasteiger partial charge < -0.3 is 20.9 Å². The lowest BCUT2D eigenvalue weighted by molar-refractivity contribution is -0.146. The van der Waals surface area contributed by atoms with Gasteiger partial charge in [-0.15, -0.1) is 0 Å². The highest BCUT2D eigenvalue weighted by molar-refractivity contribution is 5.99. The van der Waals surface area contributed by atoms with Gasteiger partial charge in [-0.25, -0.2) is 0 Å². The number of carbonyl (C=O) groups excluding carboxylic acids is 3. The lowest BCUT2D eigenvalue weighted by Gasteiger charge is -2.38. The fourth-order valence-corrected chi connectivity index (χ4v) is 7.07. The van der Waals surface area contributed by atoms with E-state index in [9.17, 15) is 14.4 Å². The monoisotopic (exact) mass is 600 g/mol. The number of amides is 3. The fraction of sp³-hybridized carbons (Fsp3) is 0.289. The molecule has 230 valence electrons. The van der Waals surface area contributed by atoms with Gasteiger partial charge in [0.1, 0.15) is 12.1 Å². The van der Waals surface area contributed by atoms with Crippen LogP contribution in [-0.4, -0.2) is 52.7 Å². The molecule has 3 N–H and O–H groups in total. The van der Waals surface area contributed by atoms with E-state index >= 15 is 0 Å². The van der Waals surface area contributed by atoms with Crippen molar-refractivity contribution < 1.29 is 14.4 Å². The first-order valence-electron chi connectivity index (χ1n) is 15.9. The van der Waals surface area contributed by atoms with E-state index in [0.29, 0.717) is 38.2 Å². The first-order chi connectivity index (χ1) is 22.0. The number of rotatable bonds is 9. The van der Waals surface area contributed by atoms with Gasteiger partial charge in [-0.1, -0.05) is 103 Å². The van der Waals surface area contributed by atoms with E-state index in [4.69, 9.17) is 5.73 Å². The highest BCUT2D eigenvalue weighted by atomic mass is 16.2. The van der Waals surface area contributed by atoms with Crippen LogP contribution in [0.25, 0.3) is 0 Å². The largest absolute Gasteiger partial charge is 0.331 e. The van der Waals surface area contributed by atoms with Gasteiger partial charge in [0.05, 0.1) is 5.41 Å². The summed E-state index contributed by atoms with van der Waals surface area (Å²) in [5.41, 5.74) is 9.68. The minimum atomic E-state index is -0.743. The molecule has 4 aromatic rings. The molecule has 0 radical (unpaired) electrons. The number of carbonyl (C=O) groups is 3. The third kappa shape index (κ3) is 6.13. The van der Waals surface area contributed by atoms with Gasteiger partial charge in [0.2, 0.25) is 17.7 Å². The second-order valence-electron chi connectivity index (χ2n) is 12.0. The minimum absolute atomic E-state index is 0.0670. The highest BCUT2D eigenvalue weighted by Crippen LogP contribution is 2.43. The van der Waals surface area contributed by atoms with E-state index in [1.165, 1.54) is 0 Å². The van der Waals surface area contributed by atoms with Gasteiger partial charge in [0.15, 0.2) is 0 Å². The number of anilines is 1. The third-order valence-corrected chi connectivity index (χ3v) is 9.37. The summed E-state index contributed by atoms with van der Waals surface area (Å²) in [4.78, 5) is 45.4. The highest BCUT2D eigenvalue weighted by Gasteiger charge is 2.45. The zero-order valence-corrected chi connectivity index (χ0v) is 25.5. The normalized spacial score (nSPS) is 18.2. The standard InChI is InChI=1S/C38H40N4O3/c39-27-28-20-22-32(23-21-28)40-36(44)33-18-10-25-42(33)37(45)34-19-11-24-41(34)35(43)26-38(29-12-4-1-5-13-29,30-14-6-2-7-15-30)31-16-8-3-9-17-31/h1-9,12-17,20-23,33-34H,10-11,18-19,24-27,39H2,(H,40,44)/t33-,34+/m1/s1. The Morgan fingerprint density at radius 1 is 0.667 bits per heavy atom. The smallest absolute Gasteiger partial charge is 0.247 e. The molecule has 2 aliphatic heterocycles. The van der Waals surface area contributed by atoms with E-state index in [-0.39, 0.29) is 24.1 Å². The van der Waals surface area contributed by atoms with E-state index in [2.05, 4.69) is 41.7 Å². The van der Waals surface area contributed by atoms with Crippen molar-refractivity contribution in [2.45, 2.75) is 56.1 Å². The molecule has 3 amide bonds. The minimum Gasteiger partial charge on any atom is -0.331 e. The summed E-state index contributed by atoms with van der Waals surface area (Å²) in [6, 6.07) is 36.8. The molecule has 0 aliphatic carbocycles. The molecular formula is C38H40N4O3. The lowest BCUT2D eigenvalue weighted by atomic mass is 9.67. The van der Waals surface area contributed by atoms with Crippen LogP contribution in [0.5, 0.6) is 0 Å². The molecule has 4 aromatic carbocycles. The van der Waals surface area contributed by atoms with E-state index in [1.54, 1.807) is 9.80 Å². The number of nitrogens with zero attached hydrogens (tertiary/aromatic N) is 2. The molecule has 2 aliphatic rings. The molecule has 0 unspecified atom stereocenters. The molecule has 0 saturated carbocycles. The van der Waals surface area contributed by atoms with E-state index in [0.717, 1.165) is 35.1 Å². The molecular weight excluding hydrogens is 560 g/mol. The van der Waals surface area contributed by atoms with Crippen molar-refractivity contribution >= 4 is 23.4 Å². The van der Waals surface area contributed by atoms with Crippen LogP contribution in [0, 0.1) is 0 Å². The summed E-state index contributed by atoms with van der Waals surface area (Å²) in [5, 5.41) is 2.98. The van der Waals surface area contributed by atoms with Crippen molar-refractivity contribution in [3.8, 4) is 0 Å². The average Bonchev–Trinajstić information content (AvgIpc) is 3.80. The third-order valence-electron chi connectivity index (χ3n) is 9.37. The number of nitrogens with one attached hydrogen (secondary N) is 1. The van der Waals surface area contributed by atoms with E-state index in [1.807, 2.05) is 78.9 Å². The number of hydrogen-bond acceptors (Lipinski definition) is 4. The van der Waals surface area contributed by atoms with E-state index < -0.39 is 17.5 Å². The summed E-state index contributed by atoms with van der Waals surface area (Å²) in [5.74, 6) is -0.405. The molecule has 45 heavy (non-hydrogen) atoms. The van der Waals surface area contributed by atoms with Crippen molar-refractivity contribution in [2.24, 2.45) is 5.73 Å². The summed E-state index contributed by atoms with van der Waals surface area (Å²) < 4.78 is 0. The molecule has 2 heterocycles. The van der Waals surface area contributed by atoms with Crippen LogP contribution >= 0.6 is 0 Å². The Hall–Kier alpha value is -4.75. The van der Waals surface area contributed by atoms with Crippen LogP contribution in [0.3, 0.4) is 0 Å². The molecule has 6 rings (SSSR count). The number of benzene rings is 4. The summed E-state index contributed by atoms with van der Waals surface area (Å²) in [7, 11) is 0. The van der Waals surface area contributed by atoms with Crippen molar-refractivity contribution in [3.63, 3.8) is 0 Å². The maximum atomic E-state index is 14.5. The molecule has 0 spiro atoms. The molecule has 7 nitrogen and oxygen atoms in total. The Morgan fingerprint density at radius 2 is 1.16 bits per heavy atom. The predicted molar refractivity (Wildman–Crippen MR) is 176 cm³/mol. The Balaban J connectivity index is 1.26. The summed E-state index contributed by atoms with van der Waals surface area (Å²) in [6.45, 7) is 1.45. The molecule has 2 atom stereocenters. The molecule has 2 saturated heterocycles. The maximum Gasteiger partial charge on any atom is 0.247 e. The topological polar surface area (TPSA) is 95.7 Å². The summed E-state index contributed by atoms with van der Waals surface area (Å²) >= 11 is 0. The number of nitrogens with two attached hydrogens (primary N) is 1. The first-order valence-corrected chi connectivity index (χ1v) is 15.9. The predicted octanol–water partition coefficient (Wildman–Crippen LogP) is 5.49. The Bertz CT molecular complexity index is 1510. The van der Waals surface area contributed by atoms with Gasteiger partial charge in [0, 0.05) is 31.7 Å². The maximum absolute atomic E-state index is 14.5. The van der Waals surface area contributed by atoms with Crippen molar-refractivity contribution in [3.05, 3.63) is 138 Å². The van der Waals surface area contributed by atoms with Gasteiger partial charge >= 0.3 is 0 Å². The van der Waals surface area contributed by atoms with Gasteiger partial charge in [-0.05, 0) is 60.1 Å². The molecule has 2 fully saturated rings. The summed E-state index contributed by atoms with van der Waals surface area (Å²) in [6.07, 6.45) is 2.85. The van der Waals surface area contributed by atoms with Gasteiger partial charge in [0.25, 0.3) is 0 Å². The molecule has 0 aromatic heterocycles. The van der Waals surface area contributed by atoms with Crippen LogP contribution in [0.4, 0.5) is 5.69 Å². The van der Waals surface area contributed by atoms with Crippen LogP contribution < -0.4 is 11.1 Å². The van der Waals surface area contributed by atoms with Crippen LogP contribution in [0.1, 0.15) is 54.4 Å². The molecule has 0 bridgehead atoms. The SMILES string of the molecule is NCc1ccc(NC(=O)[C@H]2CCCN2C(=O)[C@@H]2CCCN2C(=O)CC(c2ccccc2)(c2ccccc2)c2ccccc2)cc1. The second-order valence-corrected chi connectivity index (χ2v) is 12.0. The van der Waals surface area contributed by atoms with Crippen LogP contribution in [0.15, 0.2) is 115 Å². The fourth-order valence-electron chi connectivity index (χ4n) is 7.07.